The summed E-state index contributed by atoms with van der Waals surface area (Å²) in [6.07, 6.45) is 5.23. The Morgan fingerprint density at radius 2 is 1.92 bits per heavy atom. The molecule has 0 aliphatic heterocycles. The number of Topliss-reactive ketones (excluding diaryl/α,β-unsaturated/α-hetero) is 1. The second-order valence-corrected chi connectivity index (χ2v) is 8.06. The van der Waals surface area contributed by atoms with Crippen molar-refractivity contribution in [1.29, 1.82) is 0 Å². The largest absolute Gasteiger partial charge is 0.381 e. The zero-order valence-corrected chi connectivity index (χ0v) is 16.4. The van der Waals surface area contributed by atoms with Crippen LogP contribution < -0.4 is 10.6 Å². The first-order chi connectivity index (χ1) is 12.3. The molecule has 2 amide bonds. The Labute approximate surface area is 159 Å². The van der Waals surface area contributed by atoms with E-state index in [0.29, 0.717) is 24.5 Å². The van der Waals surface area contributed by atoms with Crippen LogP contribution in [0, 0.1) is 5.41 Å². The fraction of sp³-hybridized carbons (Fsp3) is 0.600. The highest BCUT2D eigenvalue weighted by molar-refractivity contribution is 6.18. The predicted molar refractivity (Wildman–Crippen MR) is 102 cm³/mol. The lowest BCUT2D eigenvalue weighted by atomic mass is 9.67. The predicted octanol–water partition coefficient (Wildman–Crippen LogP) is 2.99. The molecule has 0 saturated heterocycles. The van der Waals surface area contributed by atoms with Gasteiger partial charge in [0.05, 0.1) is 0 Å². The normalized spacial score (nSPS) is 26.2. The standard InChI is InChI=1S/C20H27ClN2O3/c1-12-11-15-16(13(2)20(6-7-20)19(3,26)17(15)24)14(12)5-4-9-22-18(25)23-10-8-21/h11,26H,4-10H2,1-3H3,(H2,22,23,25)/t19-/m0/s1. The molecule has 0 aromatic carbocycles. The van der Waals surface area contributed by atoms with Crippen LogP contribution in [-0.4, -0.2) is 41.5 Å². The third kappa shape index (κ3) is 2.91. The molecule has 3 rings (SSSR count). The maximum Gasteiger partial charge on any atom is 0.314 e. The molecule has 3 aliphatic rings. The van der Waals surface area contributed by atoms with Crippen LogP contribution in [-0.2, 0) is 4.79 Å². The summed E-state index contributed by atoms with van der Waals surface area (Å²) in [7, 11) is 0. The third-order valence-corrected chi connectivity index (χ3v) is 6.33. The van der Waals surface area contributed by atoms with E-state index < -0.39 is 5.60 Å². The molecule has 26 heavy (non-hydrogen) atoms. The van der Waals surface area contributed by atoms with E-state index in [0.717, 1.165) is 42.4 Å². The topological polar surface area (TPSA) is 78.4 Å². The van der Waals surface area contributed by atoms with Crippen molar-refractivity contribution in [3.63, 3.8) is 0 Å². The molecule has 1 fully saturated rings. The minimum atomic E-state index is -1.30. The van der Waals surface area contributed by atoms with Crippen molar-refractivity contribution in [1.82, 2.24) is 10.6 Å². The summed E-state index contributed by atoms with van der Waals surface area (Å²) in [4.78, 5) is 24.5. The van der Waals surface area contributed by atoms with Gasteiger partial charge in [0, 0.05) is 30.0 Å². The van der Waals surface area contributed by atoms with Crippen molar-refractivity contribution in [3.8, 4) is 0 Å². The number of hydrogen-bond donors (Lipinski definition) is 3. The Hall–Kier alpha value is -1.59. The number of carbonyl (C=O) groups is 2. The number of nitrogens with one attached hydrogen (secondary N) is 2. The molecular formula is C20H27ClN2O3. The fourth-order valence-corrected chi connectivity index (χ4v) is 4.52. The number of allylic oxidation sites excluding steroid dienone is 4. The molecule has 6 heteroatoms. The van der Waals surface area contributed by atoms with Gasteiger partial charge in [-0.1, -0.05) is 5.57 Å². The maximum atomic E-state index is 12.9. The molecule has 1 spiro atoms. The van der Waals surface area contributed by atoms with Gasteiger partial charge in [-0.25, -0.2) is 4.79 Å². The van der Waals surface area contributed by atoms with Gasteiger partial charge in [-0.05, 0) is 69.2 Å². The average Bonchev–Trinajstić information content (AvgIpc) is 3.35. The van der Waals surface area contributed by atoms with Crippen LogP contribution in [0.1, 0.15) is 46.5 Å². The number of fused-ring (bicyclic) bond motifs is 1. The number of hydrogen-bond acceptors (Lipinski definition) is 3. The van der Waals surface area contributed by atoms with Crippen LogP contribution >= 0.6 is 11.6 Å². The van der Waals surface area contributed by atoms with Gasteiger partial charge in [0.25, 0.3) is 0 Å². The van der Waals surface area contributed by atoms with Crippen molar-refractivity contribution in [3.05, 3.63) is 33.9 Å². The van der Waals surface area contributed by atoms with Gasteiger partial charge in [0.2, 0.25) is 0 Å². The number of ketones is 1. The van der Waals surface area contributed by atoms with Gasteiger partial charge in [-0.3, -0.25) is 4.79 Å². The van der Waals surface area contributed by atoms with Crippen molar-refractivity contribution in [2.24, 2.45) is 5.41 Å². The highest BCUT2D eigenvalue weighted by Gasteiger charge is 2.64. The molecule has 0 aromatic heterocycles. The lowest BCUT2D eigenvalue weighted by Gasteiger charge is -2.39. The van der Waals surface area contributed by atoms with Crippen LogP contribution in [0.15, 0.2) is 33.9 Å². The van der Waals surface area contributed by atoms with Gasteiger partial charge >= 0.3 is 6.03 Å². The van der Waals surface area contributed by atoms with Crippen LogP contribution in [0.25, 0.3) is 0 Å². The number of rotatable bonds is 6. The summed E-state index contributed by atoms with van der Waals surface area (Å²) in [6, 6.07) is -0.210. The van der Waals surface area contributed by atoms with E-state index in [9.17, 15) is 14.7 Å². The number of carbonyl (C=O) groups excluding carboxylic acids is 2. The molecular weight excluding hydrogens is 352 g/mol. The summed E-state index contributed by atoms with van der Waals surface area (Å²) >= 11 is 5.54. The summed E-state index contributed by atoms with van der Waals surface area (Å²) in [5.41, 5.74) is 3.43. The second-order valence-electron chi connectivity index (χ2n) is 7.68. The minimum absolute atomic E-state index is 0.150. The number of alkyl halides is 1. The first-order valence-electron chi connectivity index (χ1n) is 9.24. The van der Waals surface area contributed by atoms with Crippen LogP contribution in [0.2, 0.25) is 0 Å². The molecule has 0 heterocycles. The molecule has 5 nitrogen and oxygen atoms in total. The van der Waals surface area contributed by atoms with Crippen molar-refractivity contribution in [2.45, 2.75) is 52.1 Å². The van der Waals surface area contributed by atoms with E-state index in [1.807, 2.05) is 13.0 Å². The van der Waals surface area contributed by atoms with Gasteiger partial charge in [-0.15, -0.1) is 11.6 Å². The Morgan fingerprint density at radius 1 is 1.27 bits per heavy atom. The number of urea groups is 1. The van der Waals surface area contributed by atoms with E-state index >= 15 is 0 Å². The maximum absolute atomic E-state index is 12.9. The molecule has 0 bridgehead atoms. The molecule has 0 aromatic rings. The van der Waals surface area contributed by atoms with Gasteiger partial charge in [-0.2, -0.15) is 0 Å². The SMILES string of the molecule is CC1=C(CCCNC(=O)NCCCl)C2=C(C)C3(CC3)[C@@](C)(O)C(=O)C2=C1. The lowest BCUT2D eigenvalue weighted by molar-refractivity contribution is -0.137. The van der Waals surface area contributed by atoms with Crippen LogP contribution in [0.4, 0.5) is 4.79 Å². The fourth-order valence-electron chi connectivity index (χ4n) is 4.43. The zero-order valence-electron chi connectivity index (χ0n) is 15.7. The third-order valence-electron chi connectivity index (χ3n) is 6.14. The molecule has 1 saturated carbocycles. The van der Waals surface area contributed by atoms with Gasteiger partial charge in [0.1, 0.15) is 5.60 Å². The Bertz CT molecular complexity index is 742. The van der Waals surface area contributed by atoms with Crippen molar-refractivity contribution in [2.75, 3.05) is 19.0 Å². The summed E-state index contributed by atoms with van der Waals surface area (Å²) < 4.78 is 0. The minimum Gasteiger partial charge on any atom is -0.381 e. The number of halogens is 1. The first-order valence-corrected chi connectivity index (χ1v) is 9.78. The van der Waals surface area contributed by atoms with Gasteiger partial charge in [0.15, 0.2) is 5.78 Å². The smallest absolute Gasteiger partial charge is 0.314 e. The van der Waals surface area contributed by atoms with Crippen LogP contribution in [0.5, 0.6) is 0 Å². The molecule has 0 unspecified atom stereocenters. The van der Waals surface area contributed by atoms with Gasteiger partial charge < -0.3 is 15.7 Å². The molecule has 142 valence electrons. The van der Waals surface area contributed by atoms with Crippen molar-refractivity contribution < 1.29 is 14.7 Å². The highest BCUT2D eigenvalue weighted by Crippen LogP contribution is 2.65. The summed E-state index contributed by atoms with van der Waals surface area (Å²) in [5.74, 6) is 0.240. The lowest BCUT2D eigenvalue weighted by Crippen LogP contribution is -2.49. The Morgan fingerprint density at radius 3 is 2.54 bits per heavy atom. The second kappa shape index (κ2) is 6.86. The Kier molecular flexibility index (Phi) is 5.06. The Balaban J connectivity index is 1.70. The molecule has 3 N–H and O–H groups in total. The monoisotopic (exact) mass is 378 g/mol. The van der Waals surface area contributed by atoms with E-state index in [4.69, 9.17) is 11.6 Å². The first kappa shape index (κ1) is 19.2. The van der Waals surface area contributed by atoms with E-state index in [-0.39, 0.29) is 17.2 Å². The highest BCUT2D eigenvalue weighted by atomic mass is 35.5. The number of aliphatic hydroxyl groups is 1. The summed E-state index contributed by atoms with van der Waals surface area (Å²) in [5, 5.41) is 16.4. The molecule has 0 radical (unpaired) electrons. The van der Waals surface area contributed by atoms with E-state index in [1.54, 1.807) is 6.92 Å². The number of amides is 2. The van der Waals surface area contributed by atoms with E-state index in [2.05, 4.69) is 17.6 Å². The van der Waals surface area contributed by atoms with Crippen molar-refractivity contribution >= 4 is 23.4 Å². The van der Waals surface area contributed by atoms with Crippen LogP contribution in [0.3, 0.4) is 0 Å². The summed E-state index contributed by atoms with van der Waals surface area (Å²) in [6.45, 7) is 6.75. The quantitative estimate of drug-likeness (QED) is 0.491. The molecule has 1 atom stereocenters. The zero-order chi connectivity index (χ0) is 19.1. The average molecular weight is 379 g/mol. The van der Waals surface area contributed by atoms with E-state index in [1.165, 1.54) is 5.57 Å². The molecule has 3 aliphatic carbocycles.